The lowest BCUT2D eigenvalue weighted by Gasteiger charge is -2.46. The van der Waals surface area contributed by atoms with Gasteiger partial charge >= 0.3 is 0 Å². The first-order valence-electron chi connectivity index (χ1n) is 6.65. The van der Waals surface area contributed by atoms with Crippen LogP contribution in [0.1, 0.15) is 25.7 Å². The van der Waals surface area contributed by atoms with E-state index in [2.05, 4.69) is 0 Å². The largest absolute Gasteiger partial charge is 0.466 e. The molecule has 110 valence electrons. The van der Waals surface area contributed by atoms with Crippen LogP contribution in [0.15, 0.2) is 22.8 Å². The number of hydrogen-bond acceptors (Lipinski definition) is 7. The molecule has 1 aromatic heterocycles. The number of nitriles is 3. The molecule has 7 heteroatoms. The summed E-state index contributed by atoms with van der Waals surface area (Å²) in [6, 6.07) is 9.00. The third kappa shape index (κ3) is 1.24. The summed E-state index contributed by atoms with van der Waals surface area (Å²) in [4.78, 5) is 0. The Kier molecular flexibility index (Phi) is 2.63. The Labute approximate surface area is 126 Å². The molecule has 2 aliphatic heterocycles. The average molecular weight is 296 g/mol. The Morgan fingerprint density at radius 3 is 2.41 bits per heavy atom. The third-order valence-electron chi connectivity index (χ3n) is 4.80. The molecule has 4 atom stereocenters. The highest BCUT2D eigenvalue weighted by Crippen LogP contribution is 2.66. The van der Waals surface area contributed by atoms with Crippen LogP contribution in [-0.2, 0) is 9.47 Å². The van der Waals surface area contributed by atoms with Crippen molar-refractivity contribution in [2.75, 3.05) is 0 Å². The van der Waals surface area contributed by atoms with E-state index in [1.165, 1.54) is 6.26 Å². The zero-order valence-corrected chi connectivity index (χ0v) is 12.0. The molecule has 0 aliphatic carbocycles. The molecule has 2 bridgehead atoms. The van der Waals surface area contributed by atoms with Gasteiger partial charge in [-0.2, -0.15) is 15.8 Å². The molecular formula is C15H12N4O3. The maximum absolute atomic E-state index is 9.78. The SMILES string of the molecule is CC1C2(C)OC(=N)C1(C#N)C(C#N)(C#N)C(c1ccco1)O2. The molecule has 22 heavy (non-hydrogen) atoms. The second-order valence-electron chi connectivity index (χ2n) is 5.63. The summed E-state index contributed by atoms with van der Waals surface area (Å²) in [5, 5.41) is 37.4. The van der Waals surface area contributed by atoms with E-state index in [-0.39, 0.29) is 5.76 Å². The molecule has 0 saturated carbocycles. The first-order chi connectivity index (χ1) is 10.4. The number of hydrogen-bond donors (Lipinski definition) is 1. The van der Waals surface area contributed by atoms with Crippen molar-refractivity contribution in [3.8, 4) is 18.2 Å². The molecule has 3 heterocycles. The number of furan rings is 1. The molecule has 2 fully saturated rings. The van der Waals surface area contributed by atoms with Crippen molar-refractivity contribution < 1.29 is 13.9 Å². The van der Waals surface area contributed by atoms with E-state index in [9.17, 15) is 15.8 Å². The second kappa shape index (κ2) is 4.10. The van der Waals surface area contributed by atoms with E-state index in [1.807, 2.05) is 18.2 Å². The molecule has 0 aromatic carbocycles. The van der Waals surface area contributed by atoms with Crippen LogP contribution in [0.25, 0.3) is 0 Å². The fourth-order valence-corrected chi connectivity index (χ4v) is 3.40. The lowest BCUT2D eigenvalue weighted by atomic mass is 9.54. The Morgan fingerprint density at radius 2 is 1.91 bits per heavy atom. The van der Waals surface area contributed by atoms with Crippen LogP contribution in [0, 0.1) is 56.2 Å². The van der Waals surface area contributed by atoms with Gasteiger partial charge in [-0.15, -0.1) is 0 Å². The quantitative estimate of drug-likeness (QED) is 0.846. The van der Waals surface area contributed by atoms with Gasteiger partial charge in [0, 0.05) is 6.92 Å². The number of ether oxygens (including phenoxy) is 2. The first-order valence-corrected chi connectivity index (χ1v) is 6.65. The standard InChI is InChI=1S/C15H12N4O3/c1-9-13(2)21-11(10-4-3-5-20-10)14(6-16,7-17)15(9,8-18)12(19)22-13/h3-5,9,11,19H,1-2H3. The highest BCUT2D eigenvalue weighted by molar-refractivity contribution is 5.89. The van der Waals surface area contributed by atoms with Crippen molar-refractivity contribution in [1.29, 1.82) is 21.2 Å². The zero-order valence-electron chi connectivity index (χ0n) is 12.0. The van der Waals surface area contributed by atoms with Crippen LogP contribution >= 0.6 is 0 Å². The lowest BCUT2D eigenvalue weighted by Crippen LogP contribution is -2.57. The van der Waals surface area contributed by atoms with E-state index in [0.29, 0.717) is 0 Å². The van der Waals surface area contributed by atoms with Gasteiger partial charge in [0.25, 0.3) is 0 Å². The maximum atomic E-state index is 9.78. The summed E-state index contributed by atoms with van der Waals surface area (Å²) in [5.41, 5.74) is -3.66. The fraction of sp³-hybridized carbons (Fsp3) is 0.467. The minimum Gasteiger partial charge on any atom is -0.466 e. The molecule has 1 aromatic rings. The smallest absolute Gasteiger partial charge is 0.214 e. The normalized spacial score (nSPS) is 38.4. The van der Waals surface area contributed by atoms with Gasteiger partial charge in [-0.1, -0.05) is 6.92 Å². The van der Waals surface area contributed by atoms with Crippen LogP contribution < -0.4 is 0 Å². The fourth-order valence-electron chi connectivity index (χ4n) is 3.40. The van der Waals surface area contributed by atoms with Gasteiger partial charge in [0.15, 0.2) is 11.5 Å². The number of fused-ring (bicyclic) bond motifs is 2. The lowest BCUT2D eigenvalue weighted by molar-refractivity contribution is -0.272. The molecule has 1 N–H and O–H groups in total. The molecule has 3 rings (SSSR count). The number of nitrogens with one attached hydrogen (secondary N) is 1. The third-order valence-corrected chi connectivity index (χ3v) is 4.80. The second-order valence-corrected chi connectivity index (χ2v) is 5.63. The molecular weight excluding hydrogens is 284 g/mol. The monoisotopic (exact) mass is 296 g/mol. The predicted molar refractivity (Wildman–Crippen MR) is 70.6 cm³/mol. The highest BCUT2D eigenvalue weighted by atomic mass is 16.7. The van der Waals surface area contributed by atoms with Crippen LogP contribution in [0.2, 0.25) is 0 Å². The van der Waals surface area contributed by atoms with Gasteiger partial charge in [0.05, 0.1) is 30.4 Å². The molecule has 2 aliphatic rings. The van der Waals surface area contributed by atoms with E-state index >= 15 is 0 Å². The first kappa shape index (κ1) is 14.1. The Hall–Kier alpha value is -2.82. The topological polar surface area (TPSA) is 127 Å². The van der Waals surface area contributed by atoms with Crippen LogP contribution in [0.5, 0.6) is 0 Å². The summed E-state index contributed by atoms with van der Waals surface area (Å²) < 4.78 is 16.6. The average Bonchev–Trinajstić information content (AvgIpc) is 3.07. The molecule has 4 unspecified atom stereocenters. The van der Waals surface area contributed by atoms with Crippen molar-refractivity contribution in [3.63, 3.8) is 0 Å². The Morgan fingerprint density at radius 1 is 1.23 bits per heavy atom. The number of rotatable bonds is 1. The summed E-state index contributed by atoms with van der Waals surface area (Å²) in [6.45, 7) is 3.24. The van der Waals surface area contributed by atoms with Crippen LogP contribution in [0.4, 0.5) is 0 Å². The Balaban J connectivity index is 2.34. The van der Waals surface area contributed by atoms with Gasteiger partial charge in [-0.05, 0) is 12.1 Å². The van der Waals surface area contributed by atoms with Gasteiger partial charge in [0.2, 0.25) is 17.1 Å². The highest BCUT2D eigenvalue weighted by Gasteiger charge is 2.78. The van der Waals surface area contributed by atoms with Gasteiger partial charge in [-0.3, -0.25) is 5.41 Å². The zero-order chi connectivity index (χ0) is 16.2. The van der Waals surface area contributed by atoms with Gasteiger partial charge in [-0.25, -0.2) is 0 Å². The van der Waals surface area contributed by atoms with E-state index < -0.39 is 34.5 Å². The van der Waals surface area contributed by atoms with Crippen molar-refractivity contribution in [2.24, 2.45) is 16.7 Å². The molecule has 7 nitrogen and oxygen atoms in total. The van der Waals surface area contributed by atoms with E-state index in [4.69, 9.17) is 19.3 Å². The van der Waals surface area contributed by atoms with Crippen molar-refractivity contribution in [3.05, 3.63) is 24.2 Å². The molecule has 0 radical (unpaired) electrons. The van der Waals surface area contributed by atoms with Crippen LogP contribution in [-0.4, -0.2) is 11.7 Å². The van der Waals surface area contributed by atoms with E-state index in [0.717, 1.165) is 0 Å². The van der Waals surface area contributed by atoms with E-state index in [1.54, 1.807) is 26.0 Å². The molecule has 0 amide bonds. The van der Waals surface area contributed by atoms with Crippen molar-refractivity contribution >= 4 is 5.90 Å². The summed E-state index contributed by atoms with van der Waals surface area (Å²) in [6.07, 6.45) is 0.271. The summed E-state index contributed by atoms with van der Waals surface area (Å²) in [7, 11) is 0. The minimum absolute atomic E-state index is 0.249. The minimum atomic E-state index is -1.94. The van der Waals surface area contributed by atoms with Crippen molar-refractivity contribution in [2.45, 2.75) is 25.7 Å². The number of nitrogens with zero attached hydrogens (tertiary/aromatic N) is 3. The van der Waals surface area contributed by atoms with Crippen LogP contribution in [0.3, 0.4) is 0 Å². The summed E-state index contributed by atoms with van der Waals surface area (Å²) in [5.74, 6) is -2.11. The molecule has 2 saturated heterocycles. The summed E-state index contributed by atoms with van der Waals surface area (Å²) >= 11 is 0. The van der Waals surface area contributed by atoms with Gasteiger partial charge < -0.3 is 13.9 Å². The van der Waals surface area contributed by atoms with Gasteiger partial charge in [0.1, 0.15) is 5.76 Å². The molecule has 0 spiro atoms. The predicted octanol–water partition coefficient (Wildman–Crippen LogP) is 2.25. The Bertz CT molecular complexity index is 752. The maximum Gasteiger partial charge on any atom is 0.214 e. The van der Waals surface area contributed by atoms with Crippen molar-refractivity contribution in [1.82, 2.24) is 0 Å².